The average Bonchev–Trinajstić information content (AvgIpc) is 3.43. The third-order valence-corrected chi connectivity index (χ3v) is 5.76. The number of aromatic nitrogens is 3. The number of aliphatic hydroxyl groups excluding tert-OH is 1. The van der Waals surface area contributed by atoms with Crippen LogP contribution < -0.4 is 16.8 Å². The van der Waals surface area contributed by atoms with Crippen LogP contribution in [0.15, 0.2) is 53.1 Å². The second-order valence-corrected chi connectivity index (χ2v) is 8.48. The minimum Gasteiger partial charge on any atom is -0.394 e. The van der Waals surface area contributed by atoms with E-state index in [4.69, 9.17) is 27.6 Å². The molecule has 2 aromatic heterocycles. The molecule has 4 rings (SSSR count). The normalized spacial score (nSPS) is 11.9. The number of benzene rings is 2. The number of aliphatic hydroxyl groups is 1. The van der Waals surface area contributed by atoms with Crippen LogP contribution in [0.5, 0.6) is 0 Å². The van der Waals surface area contributed by atoms with Crippen LogP contribution in [0.3, 0.4) is 0 Å². The van der Waals surface area contributed by atoms with Crippen molar-refractivity contribution in [3.8, 4) is 22.5 Å². The molecule has 0 saturated carbocycles. The molecule has 2 heterocycles. The standard InChI is InChI=1S/C24H22ClFN6O4/c1-12(11-33)32-23(27)21(24(28)35)22(30-32)14-4-2-13(3-5-14)8-19(34)29-20-10-18(31-36-20)16-7-6-15(26)9-17(16)25/h2-7,9-10,12,33H,8,11,27H2,1H3,(H2,28,35)(H,29,34). The van der Waals surface area contributed by atoms with E-state index in [1.807, 2.05) is 0 Å². The molecule has 0 radical (unpaired) electrons. The molecule has 2 amide bonds. The van der Waals surface area contributed by atoms with Crippen LogP contribution in [0, 0.1) is 5.82 Å². The van der Waals surface area contributed by atoms with Crippen LogP contribution in [-0.2, 0) is 11.2 Å². The second-order valence-electron chi connectivity index (χ2n) is 8.07. The lowest BCUT2D eigenvalue weighted by Crippen LogP contribution is -2.17. The first-order valence-electron chi connectivity index (χ1n) is 10.8. The van der Waals surface area contributed by atoms with Crippen LogP contribution in [0.2, 0.25) is 5.02 Å². The van der Waals surface area contributed by atoms with E-state index in [0.29, 0.717) is 22.4 Å². The van der Waals surface area contributed by atoms with Gasteiger partial charge < -0.3 is 21.1 Å². The summed E-state index contributed by atoms with van der Waals surface area (Å²) in [5.41, 5.74) is 13.9. The summed E-state index contributed by atoms with van der Waals surface area (Å²) in [4.78, 5) is 24.5. The van der Waals surface area contributed by atoms with Gasteiger partial charge >= 0.3 is 0 Å². The van der Waals surface area contributed by atoms with Gasteiger partial charge in [0.15, 0.2) is 0 Å². The topological polar surface area (TPSA) is 162 Å². The maximum Gasteiger partial charge on any atom is 0.254 e. The SMILES string of the molecule is CC(CO)n1nc(-c2ccc(CC(=O)Nc3cc(-c4ccc(F)cc4Cl)no3)cc2)c(C(N)=O)c1N. The smallest absolute Gasteiger partial charge is 0.254 e. The molecular weight excluding hydrogens is 491 g/mol. The maximum absolute atomic E-state index is 13.3. The average molecular weight is 513 g/mol. The number of anilines is 2. The Morgan fingerprint density at radius 2 is 1.94 bits per heavy atom. The number of nitrogen functional groups attached to an aromatic ring is 1. The largest absolute Gasteiger partial charge is 0.394 e. The lowest BCUT2D eigenvalue weighted by Gasteiger charge is -2.10. The number of halogens is 2. The Morgan fingerprint density at radius 1 is 1.22 bits per heavy atom. The molecule has 10 nitrogen and oxygen atoms in total. The fourth-order valence-electron chi connectivity index (χ4n) is 3.61. The quantitative estimate of drug-likeness (QED) is 0.281. The zero-order valence-electron chi connectivity index (χ0n) is 19.0. The Morgan fingerprint density at radius 3 is 2.58 bits per heavy atom. The summed E-state index contributed by atoms with van der Waals surface area (Å²) in [7, 11) is 0. The van der Waals surface area contributed by atoms with Gasteiger partial charge in [0.1, 0.15) is 28.6 Å². The first-order valence-corrected chi connectivity index (χ1v) is 11.2. The van der Waals surface area contributed by atoms with Gasteiger partial charge in [0.2, 0.25) is 11.8 Å². The fraction of sp³-hybridized carbons (Fsp3) is 0.167. The minimum absolute atomic E-state index is 0.0222. The molecule has 12 heteroatoms. The summed E-state index contributed by atoms with van der Waals surface area (Å²) in [5, 5.41) is 20.4. The van der Waals surface area contributed by atoms with E-state index in [1.54, 1.807) is 31.2 Å². The number of nitrogens with one attached hydrogen (secondary N) is 1. The van der Waals surface area contributed by atoms with Crippen molar-refractivity contribution in [2.24, 2.45) is 5.73 Å². The van der Waals surface area contributed by atoms with Crippen molar-refractivity contribution in [2.75, 3.05) is 17.7 Å². The molecule has 0 spiro atoms. The number of hydrogen-bond acceptors (Lipinski definition) is 7. The van der Waals surface area contributed by atoms with Crippen LogP contribution in [-0.4, -0.2) is 38.5 Å². The first kappa shape index (κ1) is 24.9. The number of carbonyl (C=O) groups is 2. The lowest BCUT2D eigenvalue weighted by atomic mass is 10.0. The first-order chi connectivity index (χ1) is 17.2. The number of hydrogen-bond donors (Lipinski definition) is 4. The highest BCUT2D eigenvalue weighted by molar-refractivity contribution is 6.33. The molecule has 0 fully saturated rings. The van der Waals surface area contributed by atoms with E-state index in [-0.39, 0.29) is 46.9 Å². The molecule has 186 valence electrons. The van der Waals surface area contributed by atoms with Gasteiger partial charge in [0.05, 0.1) is 24.1 Å². The number of primary amides is 1. The van der Waals surface area contributed by atoms with E-state index in [1.165, 1.54) is 22.9 Å². The predicted molar refractivity (Wildman–Crippen MR) is 132 cm³/mol. The van der Waals surface area contributed by atoms with Gasteiger partial charge in [-0.05, 0) is 30.7 Å². The Hall–Kier alpha value is -4.22. The van der Waals surface area contributed by atoms with Crippen LogP contribution in [0.25, 0.3) is 22.5 Å². The number of nitrogens with two attached hydrogens (primary N) is 2. The van der Waals surface area contributed by atoms with Crippen LogP contribution >= 0.6 is 11.6 Å². The Kier molecular flexibility index (Phi) is 7.04. The molecule has 1 atom stereocenters. The van der Waals surface area contributed by atoms with Crippen LogP contribution in [0.1, 0.15) is 28.9 Å². The molecule has 6 N–H and O–H groups in total. The highest BCUT2D eigenvalue weighted by Gasteiger charge is 2.23. The molecule has 0 aliphatic carbocycles. The van der Waals surface area contributed by atoms with Gasteiger partial charge in [-0.15, -0.1) is 0 Å². The number of rotatable bonds is 8. The predicted octanol–water partition coefficient (Wildman–Crippen LogP) is 3.41. The third-order valence-electron chi connectivity index (χ3n) is 5.45. The van der Waals surface area contributed by atoms with E-state index in [9.17, 15) is 19.1 Å². The molecule has 0 bridgehead atoms. The van der Waals surface area contributed by atoms with Crippen molar-refractivity contribution >= 4 is 35.1 Å². The van der Waals surface area contributed by atoms with Gasteiger partial charge in [-0.1, -0.05) is 41.0 Å². The van der Waals surface area contributed by atoms with E-state index >= 15 is 0 Å². The molecule has 36 heavy (non-hydrogen) atoms. The highest BCUT2D eigenvalue weighted by atomic mass is 35.5. The Bertz CT molecular complexity index is 1430. The van der Waals surface area contributed by atoms with Crippen molar-refractivity contribution in [1.82, 2.24) is 14.9 Å². The fourth-order valence-corrected chi connectivity index (χ4v) is 3.88. The van der Waals surface area contributed by atoms with Crippen LogP contribution in [0.4, 0.5) is 16.1 Å². The third kappa shape index (κ3) is 5.07. The van der Waals surface area contributed by atoms with Gasteiger partial charge in [-0.2, -0.15) is 5.10 Å². The van der Waals surface area contributed by atoms with Crippen molar-refractivity contribution < 1.29 is 23.6 Å². The number of carbonyl (C=O) groups excluding carboxylic acids is 2. The second kappa shape index (κ2) is 10.2. The van der Waals surface area contributed by atoms with E-state index < -0.39 is 17.8 Å². The van der Waals surface area contributed by atoms with Crippen molar-refractivity contribution in [2.45, 2.75) is 19.4 Å². The molecule has 1 unspecified atom stereocenters. The Balaban J connectivity index is 1.47. The zero-order valence-corrected chi connectivity index (χ0v) is 19.8. The number of amides is 2. The molecule has 0 aliphatic heterocycles. The molecular formula is C24H22ClFN6O4. The highest BCUT2D eigenvalue weighted by Crippen LogP contribution is 2.30. The van der Waals surface area contributed by atoms with Gasteiger partial charge in [-0.25, -0.2) is 9.07 Å². The summed E-state index contributed by atoms with van der Waals surface area (Å²) in [6, 6.07) is 11.7. The van der Waals surface area contributed by atoms with Gasteiger partial charge in [0.25, 0.3) is 5.91 Å². The summed E-state index contributed by atoms with van der Waals surface area (Å²) >= 11 is 6.04. The van der Waals surface area contributed by atoms with Crippen molar-refractivity contribution in [1.29, 1.82) is 0 Å². The zero-order chi connectivity index (χ0) is 26.0. The van der Waals surface area contributed by atoms with Gasteiger partial charge in [0, 0.05) is 17.2 Å². The maximum atomic E-state index is 13.3. The number of nitrogens with zero attached hydrogens (tertiary/aromatic N) is 3. The summed E-state index contributed by atoms with van der Waals surface area (Å²) in [6.45, 7) is 1.48. The lowest BCUT2D eigenvalue weighted by molar-refractivity contribution is -0.115. The monoisotopic (exact) mass is 512 g/mol. The molecule has 0 saturated heterocycles. The summed E-state index contributed by atoms with van der Waals surface area (Å²) < 4.78 is 19.8. The van der Waals surface area contributed by atoms with E-state index in [0.717, 1.165) is 6.07 Å². The van der Waals surface area contributed by atoms with Gasteiger partial charge in [-0.3, -0.25) is 14.9 Å². The van der Waals surface area contributed by atoms with Crippen molar-refractivity contribution in [3.63, 3.8) is 0 Å². The Labute approximate surface area is 209 Å². The molecule has 4 aromatic rings. The molecule has 0 aliphatic rings. The van der Waals surface area contributed by atoms with E-state index in [2.05, 4.69) is 15.6 Å². The summed E-state index contributed by atoms with van der Waals surface area (Å²) in [5.74, 6) is -1.41. The van der Waals surface area contributed by atoms with Crippen molar-refractivity contribution in [3.05, 3.63) is 70.5 Å². The summed E-state index contributed by atoms with van der Waals surface area (Å²) in [6.07, 6.45) is 0.0222. The molecule has 2 aromatic carbocycles. The minimum atomic E-state index is -0.740.